The van der Waals surface area contributed by atoms with E-state index in [1.165, 1.54) is 0 Å². The van der Waals surface area contributed by atoms with Crippen molar-refractivity contribution in [3.63, 3.8) is 0 Å². The Morgan fingerprint density at radius 3 is 2.65 bits per heavy atom. The SMILES string of the molecule is COc1ccc(OCCNC(=O)CNCc2ccc3c(c2)OCO3)cc1. The molecule has 7 nitrogen and oxygen atoms in total. The topological polar surface area (TPSA) is 78.1 Å². The number of hydrogen-bond acceptors (Lipinski definition) is 6. The lowest BCUT2D eigenvalue weighted by molar-refractivity contribution is -0.120. The van der Waals surface area contributed by atoms with E-state index in [1.807, 2.05) is 42.5 Å². The van der Waals surface area contributed by atoms with Gasteiger partial charge in [-0.1, -0.05) is 6.07 Å². The van der Waals surface area contributed by atoms with Crippen molar-refractivity contribution in [3.05, 3.63) is 48.0 Å². The maximum absolute atomic E-state index is 11.8. The Balaban J connectivity index is 1.29. The highest BCUT2D eigenvalue weighted by Gasteiger charge is 2.13. The molecule has 2 N–H and O–H groups in total. The summed E-state index contributed by atoms with van der Waals surface area (Å²) in [6, 6.07) is 13.0. The number of carbonyl (C=O) groups excluding carboxylic acids is 1. The normalized spacial score (nSPS) is 11.9. The first-order valence-corrected chi connectivity index (χ1v) is 8.37. The van der Waals surface area contributed by atoms with Crippen LogP contribution in [0.5, 0.6) is 23.0 Å². The van der Waals surface area contributed by atoms with Crippen molar-refractivity contribution in [2.45, 2.75) is 6.54 Å². The summed E-state index contributed by atoms with van der Waals surface area (Å²) in [6.07, 6.45) is 0. The summed E-state index contributed by atoms with van der Waals surface area (Å²) in [5.74, 6) is 2.93. The molecule has 0 spiro atoms. The molecule has 1 aliphatic heterocycles. The van der Waals surface area contributed by atoms with Gasteiger partial charge in [0.2, 0.25) is 12.7 Å². The minimum absolute atomic E-state index is 0.0796. The number of fused-ring (bicyclic) bond motifs is 1. The second-order valence-corrected chi connectivity index (χ2v) is 5.67. The molecule has 26 heavy (non-hydrogen) atoms. The first kappa shape index (κ1) is 17.9. The number of rotatable bonds is 9. The third kappa shape index (κ3) is 5.03. The molecule has 0 aromatic heterocycles. The van der Waals surface area contributed by atoms with Crippen LogP contribution in [0, 0.1) is 0 Å². The van der Waals surface area contributed by atoms with Gasteiger partial charge >= 0.3 is 0 Å². The van der Waals surface area contributed by atoms with Gasteiger partial charge in [0, 0.05) is 6.54 Å². The highest BCUT2D eigenvalue weighted by atomic mass is 16.7. The van der Waals surface area contributed by atoms with E-state index < -0.39 is 0 Å². The van der Waals surface area contributed by atoms with E-state index in [0.29, 0.717) is 19.7 Å². The van der Waals surface area contributed by atoms with Crippen LogP contribution in [0.2, 0.25) is 0 Å². The maximum atomic E-state index is 11.8. The van der Waals surface area contributed by atoms with Gasteiger partial charge < -0.3 is 29.6 Å². The molecule has 2 aromatic carbocycles. The second kappa shape index (κ2) is 8.96. The van der Waals surface area contributed by atoms with E-state index in [9.17, 15) is 4.79 Å². The van der Waals surface area contributed by atoms with Crippen molar-refractivity contribution in [1.29, 1.82) is 0 Å². The van der Waals surface area contributed by atoms with Crippen LogP contribution in [-0.2, 0) is 11.3 Å². The number of benzene rings is 2. The number of carbonyl (C=O) groups is 1. The minimum atomic E-state index is -0.0796. The molecule has 1 heterocycles. The van der Waals surface area contributed by atoms with E-state index in [1.54, 1.807) is 7.11 Å². The molecule has 0 bridgehead atoms. The molecular formula is C19H22N2O5. The summed E-state index contributed by atoms with van der Waals surface area (Å²) in [6.45, 7) is 1.91. The van der Waals surface area contributed by atoms with E-state index in [4.69, 9.17) is 18.9 Å². The summed E-state index contributed by atoms with van der Waals surface area (Å²) < 4.78 is 21.2. The number of amides is 1. The molecule has 0 aliphatic carbocycles. The molecular weight excluding hydrogens is 336 g/mol. The van der Waals surface area contributed by atoms with Crippen LogP contribution in [0.3, 0.4) is 0 Å². The molecule has 0 radical (unpaired) electrons. The predicted molar refractivity (Wildman–Crippen MR) is 95.8 cm³/mol. The Kier molecular flexibility index (Phi) is 6.16. The van der Waals surface area contributed by atoms with Crippen molar-refractivity contribution in [2.24, 2.45) is 0 Å². The predicted octanol–water partition coefficient (Wildman–Crippen LogP) is 1.71. The van der Waals surface area contributed by atoms with E-state index in [2.05, 4.69) is 10.6 Å². The largest absolute Gasteiger partial charge is 0.497 e. The summed E-state index contributed by atoms with van der Waals surface area (Å²) in [7, 11) is 1.62. The quantitative estimate of drug-likeness (QED) is 0.665. The molecule has 1 amide bonds. The average molecular weight is 358 g/mol. The van der Waals surface area contributed by atoms with E-state index in [0.717, 1.165) is 28.6 Å². The van der Waals surface area contributed by atoms with Gasteiger partial charge in [-0.3, -0.25) is 4.79 Å². The van der Waals surface area contributed by atoms with E-state index in [-0.39, 0.29) is 19.2 Å². The van der Waals surface area contributed by atoms with Crippen molar-refractivity contribution in [2.75, 3.05) is 33.6 Å². The Hall–Kier alpha value is -2.93. The van der Waals surface area contributed by atoms with Crippen LogP contribution in [0.25, 0.3) is 0 Å². The van der Waals surface area contributed by atoms with Gasteiger partial charge in [-0.2, -0.15) is 0 Å². The van der Waals surface area contributed by atoms with Crippen LogP contribution in [0.15, 0.2) is 42.5 Å². The number of hydrogen-bond donors (Lipinski definition) is 2. The fraction of sp³-hybridized carbons (Fsp3) is 0.316. The Morgan fingerprint density at radius 2 is 1.85 bits per heavy atom. The monoisotopic (exact) mass is 358 g/mol. The van der Waals surface area contributed by atoms with Crippen molar-refractivity contribution in [3.8, 4) is 23.0 Å². The molecule has 2 aromatic rings. The molecule has 0 atom stereocenters. The molecule has 7 heteroatoms. The van der Waals surface area contributed by atoms with Crippen LogP contribution in [0.4, 0.5) is 0 Å². The zero-order valence-corrected chi connectivity index (χ0v) is 14.6. The molecule has 138 valence electrons. The van der Waals surface area contributed by atoms with Gasteiger partial charge in [-0.25, -0.2) is 0 Å². The first-order chi connectivity index (χ1) is 12.7. The van der Waals surface area contributed by atoms with Crippen LogP contribution in [0.1, 0.15) is 5.56 Å². The molecule has 0 saturated carbocycles. The van der Waals surface area contributed by atoms with Gasteiger partial charge in [0.25, 0.3) is 0 Å². The zero-order valence-electron chi connectivity index (χ0n) is 14.6. The summed E-state index contributed by atoms with van der Waals surface area (Å²) in [5, 5.41) is 5.91. The second-order valence-electron chi connectivity index (χ2n) is 5.67. The molecule has 1 aliphatic rings. The lowest BCUT2D eigenvalue weighted by Crippen LogP contribution is -2.35. The number of nitrogens with one attached hydrogen (secondary N) is 2. The van der Waals surface area contributed by atoms with Gasteiger partial charge in [0.1, 0.15) is 18.1 Å². The van der Waals surface area contributed by atoms with Crippen molar-refractivity contribution < 1.29 is 23.7 Å². The molecule has 0 saturated heterocycles. The summed E-state index contributed by atoms with van der Waals surface area (Å²) in [5.41, 5.74) is 1.03. The van der Waals surface area contributed by atoms with Crippen molar-refractivity contribution in [1.82, 2.24) is 10.6 Å². The fourth-order valence-electron chi connectivity index (χ4n) is 2.47. The number of ether oxygens (including phenoxy) is 4. The third-order valence-electron chi connectivity index (χ3n) is 3.80. The smallest absolute Gasteiger partial charge is 0.234 e. The Bertz CT molecular complexity index is 733. The average Bonchev–Trinajstić information content (AvgIpc) is 3.13. The third-order valence-corrected chi connectivity index (χ3v) is 3.80. The Morgan fingerprint density at radius 1 is 1.08 bits per heavy atom. The lowest BCUT2D eigenvalue weighted by Gasteiger charge is -2.09. The van der Waals surface area contributed by atoms with E-state index >= 15 is 0 Å². The molecule has 0 unspecified atom stereocenters. The van der Waals surface area contributed by atoms with Gasteiger partial charge in [0.15, 0.2) is 11.5 Å². The van der Waals surface area contributed by atoms with Gasteiger partial charge in [-0.15, -0.1) is 0 Å². The summed E-state index contributed by atoms with van der Waals surface area (Å²) in [4.78, 5) is 11.8. The zero-order chi connectivity index (χ0) is 18.2. The minimum Gasteiger partial charge on any atom is -0.497 e. The molecule has 0 fully saturated rings. The first-order valence-electron chi connectivity index (χ1n) is 8.37. The Labute approximate surface area is 152 Å². The fourth-order valence-corrected chi connectivity index (χ4v) is 2.47. The van der Waals surface area contributed by atoms with Crippen LogP contribution < -0.4 is 29.6 Å². The number of methoxy groups -OCH3 is 1. The lowest BCUT2D eigenvalue weighted by atomic mass is 10.2. The maximum Gasteiger partial charge on any atom is 0.234 e. The van der Waals surface area contributed by atoms with Gasteiger partial charge in [-0.05, 0) is 42.0 Å². The standard InChI is InChI=1S/C19H22N2O5/c1-23-15-3-5-16(6-4-15)24-9-8-21-19(22)12-20-11-14-2-7-17-18(10-14)26-13-25-17/h2-7,10,20H,8-9,11-13H2,1H3,(H,21,22). The molecule has 3 rings (SSSR count). The van der Waals surface area contributed by atoms with Crippen molar-refractivity contribution >= 4 is 5.91 Å². The van der Waals surface area contributed by atoms with Crippen LogP contribution >= 0.6 is 0 Å². The summed E-state index contributed by atoms with van der Waals surface area (Å²) >= 11 is 0. The highest BCUT2D eigenvalue weighted by Crippen LogP contribution is 2.32. The highest BCUT2D eigenvalue weighted by molar-refractivity contribution is 5.77. The van der Waals surface area contributed by atoms with Crippen LogP contribution in [-0.4, -0.2) is 39.5 Å². The van der Waals surface area contributed by atoms with Gasteiger partial charge in [0.05, 0.1) is 20.2 Å².